The van der Waals surface area contributed by atoms with Crippen molar-refractivity contribution in [3.05, 3.63) is 41.7 Å². The number of nitrogens with two attached hydrogens (primary N) is 1. The van der Waals surface area contributed by atoms with Crippen LogP contribution in [0.3, 0.4) is 0 Å². The molecule has 0 saturated carbocycles. The number of rotatable bonds is 4. The molecule has 0 amide bonds. The molecule has 2 N–H and O–H groups in total. The van der Waals surface area contributed by atoms with E-state index in [1.54, 1.807) is 11.3 Å². The smallest absolute Gasteiger partial charge is 0.211 e. The van der Waals surface area contributed by atoms with Gasteiger partial charge in [0.1, 0.15) is 0 Å². The van der Waals surface area contributed by atoms with Crippen molar-refractivity contribution in [1.82, 2.24) is 14.8 Å². The van der Waals surface area contributed by atoms with Gasteiger partial charge in [-0.05, 0) is 44.0 Å². The lowest BCUT2D eigenvalue weighted by Crippen LogP contribution is -2.02. The number of hydrogen-bond acceptors (Lipinski definition) is 4. The zero-order valence-electron chi connectivity index (χ0n) is 10.8. The molecule has 19 heavy (non-hydrogen) atoms. The van der Waals surface area contributed by atoms with Crippen LogP contribution in [0, 0.1) is 6.92 Å². The van der Waals surface area contributed by atoms with E-state index in [0.29, 0.717) is 6.54 Å². The summed E-state index contributed by atoms with van der Waals surface area (Å²) in [5, 5.41) is 5.39. The average molecular weight is 272 g/mol. The van der Waals surface area contributed by atoms with Crippen molar-refractivity contribution in [2.45, 2.75) is 19.8 Å². The van der Waals surface area contributed by atoms with Crippen molar-refractivity contribution in [3.63, 3.8) is 0 Å². The van der Waals surface area contributed by atoms with Crippen molar-refractivity contribution in [2.24, 2.45) is 5.73 Å². The minimum absolute atomic E-state index is 0.714. The van der Waals surface area contributed by atoms with Crippen LogP contribution in [0.4, 0.5) is 0 Å². The molecule has 0 radical (unpaired) electrons. The maximum Gasteiger partial charge on any atom is 0.211 e. The molecule has 98 valence electrons. The summed E-state index contributed by atoms with van der Waals surface area (Å²) in [6.45, 7) is 2.80. The van der Waals surface area contributed by atoms with E-state index >= 15 is 0 Å². The number of nitrogens with zero attached hydrogens (tertiary/aromatic N) is 3. The lowest BCUT2D eigenvalue weighted by molar-refractivity contribution is 0.813. The van der Waals surface area contributed by atoms with Crippen LogP contribution in [-0.4, -0.2) is 21.3 Å². The highest BCUT2D eigenvalue weighted by Crippen LogP contribution is 2.25. The summed E-state index contributed by atoms with van der Waals surface area (Å²) in [6.07, 6.45) is 3.90. The Labute approximate surface area is 115 Å². The van der Waals surface area contributed by atoms with Gasteiger partial charge in [0.15, 0.2) is 0 Å². The van der Waals surface area contributed by atoms with Gasteiger partial charge in [-0.25, -0.2) is 9.67 Å². The molecule has 2 heterocycles. The maximum atomic E-state index is 5.56. The monoisotopic (exact) mass is 272 g/mol. The van der Waals surface area contributed by atoms with E-state index in [1.807, 2.05) is 29.1 Å². The van der Waals surface area contributed by atoms with Gasteiger partial charge in [-0.15, -0.1) is 0 Å². The van der Waals surface area contributed by atoms with Crippen molar-refractivity contribution < 1.29 is 0 Å². The molecule has 0 aliphatic carbocycles. The fourth-order valence-corrected chi connectivity index (χ4v) is 3.10. The van der Waals surface area contributed by atoms with Crippen LogP contribution in [0.1, 0.15) is 17.7 Å². The van der Waals surface area contributed by atoms with E-state index in [9.17, 15) is 0 Å². The van der Waals surface area contributed by atoms with E-state index in [-0.39, 0.29) is 0 Å². The third kappa shape index (κ3) is 2.27. The molecule has 0 spiro atoms. The van der Waals surface area contributed by atoms with Gasteiger partial charge in [-0.3, -0.25) is 0 Å². The van der Waals surface area contributed by atoms with E-state index < -0.39 is 0 Å². The van der Waals surface area contributed by atoms with Crippen LogP contribution >= 0.6 is 11.3 Å². The Morgan fingerprint density at radius 1 is 1.32 bits per heavy atom. The quantitative estimate of drug-likeness (QED) is 0.794. The van der Waals surface area contributed by atoms with Crippen molar-refractivity contribution >= 4 is 21.6 Å². The van der Waals surface area contributed by atoms with E-state index in [4.69, 9.17) is 5.73 Å². The first-order chi connectivity index (χ1) is 9.29. The first-order valence-electron chi connectivity index (χ1n) is 6.39. The highest BCUT2D eigenvalue weighted by molar-refractivity contribution is 7.20. The molecule has 0 bridgehead atoms. The van der Waals surface area contributed by atoms with Crippen LogP contribution in [0.5, 0.6) is 0 Å². The lowest BCUT2D eigenvalue weighted by Gasteiger charge is -2.00. The zero-order chi connectivity index (χ0) is 13.2. The first-order valence-corrected chi connectivity index (χ1v) is 7.21. The molecule has 0 unspecified atom stereocenters. The fraction of sp³-hybridized carbons (Fsp3) is 0.286. The molecule has 1 aromatic carbocycles. The number of aryl methyl sites for hydroxylation is 1. The third-order valence-corrected chi connectivity index (χ3v) is 4.24. The van der Waals surface area contributed by atoms with Gasteiger partial charge in [-0.1, -0.05) is 23.5 Å². The van der Waals surface area contributed by atoms with Gasteiger partial charge < -0.3 is 5.73 Å². The second kappa shape index (κ2) is 5.11. The number of thiazole rings is 1. The molecular formula is C14H16N4S. The maximum absolute atomic E-state index is 5.56. The third-order valence-electron chi connectivity index (χ3n) is 3.23. The van der Waals surface area contributed by atoms with Gasteiger partial charge in [0, 0.05) is 5.69 Å². The number of fused-ring (bicyclic) bond motifs is 1. The van der Waals surface area contributed by atoms with Gasteiger partial charge in [-0.2, -0.15) is 5.10 Å². The Hall–Kier alpha value is -1.72. The second-order valence-corrected chi connectivity index (χ2v) is 5.53. The van der Waals surface area contributed by atoms with Crippen LogP contribution in [0.15, 0.2) is 30.5 Å². The Kier molecular flexibility index (Phi) is 3.31. The summed E-state index contributed by atoms with van der Waals surface area (Å²) in [5.41, 5.74) is 9.00. The molecule has 4 nitrogen and oxygen atoms in total. The summed E-state index contributed by atoms with van der Waals surface area (Å²) in [4.78, 5) is 4.63. The minimum atomic E-state index is 0.714. The van der Waals surface area contributed by atoms with E-state index in [2.05, 4.69) is 23.1 Å². The van der Waals surface area contributed by atoms with Crippen LogP contribution in [-0.2, 0) is 6.42 Å². The molecule has 0 fully saturated rings. The Morgan fingerprint density at radius 3 is 2.95 bits per heavy atom. The van der Waals surface area contributed by atoms with Crippen LogP contribution in [0.2, 0.25) is 0 Å². The summed E-state index contributed by atoms with van der Waals surface area (Å²) in [7, 11) is 0. The highest BCUT2D eigenvalue weighted by Gasteiger charge is 2.11. The SMILES string of the molecule is Cc1c(CCCN)cnn1-c1nc2ccccc2s1. The van der Waals surface area contributed by atoms with Crippen molar-refractivity contribution in [3.8, 4) is 5.13 Å². The second-order valence-electron chi connectivity index (χ2n) is 4.52. The molecule has 0 saturated heterocycles. The average Bonchev–Trinajstić information content (AvgIpc) is 2.99. The highest BCUT2D eigenvalue weighted by atomic mass is 32.1. The molecule has 2 aromatic heterocycles. The standard InChI is InChI=1S/C14H16N4S/c1-10-11(5-4-8-15)9-16-18(10)14-17-12-6-2-3-7-13(12)19-14/h2-3,6-7,9H,4-5,8,15H2,1H3. The Morgan fingerprint density at radius 2 is 2.16 bits per heavy atom. The molecule has 0 atom stereocenters. The summed E-state index contributed by atoms with van der Waals surface area (Å²) in [6, 6.07) is 8.16. The molecule has 0 aliphatic rings. The van der Waals surface area contributed by atoms with Gasteiger partial charge in [0.25, 0.3) is 0 Å². The number of benzene rings is 1. The van der Waals surface area contributed by atoms with Gasteiger partial charge >= 0.3 is 0 Å². The molecule has 0 aliphatic heterocycles. The minimum Gasteiger partial charge on any atom is -0.330 e. The molecule has 5 heteroatoms. The molecule has 3 aromatic rings. The predicted molar refractivity (Wildman–Crippen MR) is 78.9 cm³/mol. The summed E-state index contributed by atoms with van der Waals surface area (Å²) < 4.78 is 3.12. The van der Waals surface area contributed by atoms with E-state index in [1.165, 1.54) is 10.3 Å². The largest absolute Gasteiger partial charge is 0.330 e. The Balaban J connectivity index is 1.99. The van der Waals surface area contributed by atoms with Crippen LogP contribution < -0.4 is 5.73 Å². The molecule has 3 rings (SSSR count). The Bertz CT molecular complexity index is 665. The predicted octanol–water partition coefficient (Wildman–Crippen LogP) is 2.68. The topological polar surface area (TPSA) is 56.7 Å². The number of para-hydroxylation sites is 1. The fourth-order valence-electron chi connectivity index (χ4n) is 2.12. The number of aromatic nitrogens is 3. The van der Waals surface area contributed by atoms with Crippen molar-refractivity contribution in [1.29, 1.82) is 0 Å². The van der Waals surface area contributed by atoms with Crippen LogP contribution in [0.25, 0.3) is 15.3 Å². The van der Waals surface area contributed by atoms with Gasteiger partial charge in [0.05, 0.1) is 16.4 Å². The summed E-state index contributed by atoms with van der Waals surface area (Å²) in [5.74, 6) is 0. The normalized spacial score (nSPS) is 11.3. The van der Waals surface area contributed by atoms with E-state index in [0.717, 1.165) is 29.2 Å². The van der Waals surface area contributed by atoms with Crippen molar-refractivity contribution in [2.75, 3.05) is 6.54 Å². The lowest BCUT2D eigenvalue weighted by atomic mass is 10.1. The molecular weight excluding hydrogens is 256 g/mol. The zero-order valence-corrected chi connectivity index (χ0v) is 11.7. The first kappa shape index (κ1) is 12.3. The van der Waals surface area contributed by atoms with Gasteiger partial charge in [0.2, 0.25) is 5.13 Å². The summed E-state index contributed by atoms with van der Waals surface area (Å²) >= 11 is 1.67. The number of hydrogen-bond donors (Lipinski definition) is 1.